The molecule has 0 saturated carbocycles. The topological polar surface area (TPSA) is 49.9 Å². The number of ether oxygens (including phenoxy) is 1. The molecule has 130 valence electrons. The summed E-state index contributed by atoms with van der Waals surface area (Å²) in [5.41, 5.74) is -0.439. The van der Waals surface area contributed by atoms with Gasteiger partial charge in [0.2, 0.25) is 5.91 Å². The molecule has 0 radical (unpaired) electrons. The van der Waals surface area contributed by atoms with Gasteiger partial charge < -0.3 is 14.5 Å². The Kier molecular flexibility index (Phi) is 5.71. The minimum atomic E-state index is -0.439. The first-order chi connectivity index (χ1) is 10.8. The van der Waals surface area contributed by atoms with Crippen molar-refractivity contribution in [2.24, 2.45) is 11.8 Å². The van der Waals surface area contributed by atoms with E-state index in [0.29, 0.717) is 18.3 Å². The van der Waals surface area contributed by atoms with Crippen LogP contribution < -0.4 is 0 Å². The van der Waals surface area contributed by atoms with Crippen LogP contribution in [0.2, 0.25) is 0 Å². The van der Waals surface area contributed by atoms with Gasteiger partial charge in [-0.25, -0.2) is 4.79 Å². The zero-order valence-electron chi connectivity index (χ0n) is 14.7. The molecule has 23 heavy (non-hydrogen) atoms. The number of nitrogens with zero attached hydrogens (tertiary/aromatic N) is 2. The highest BCUT2D eigenvalue weighted by Crippen LogP contribution is 2.25. The van der Waals surface area contributed by atoms with E-state index in [9.17, 15) is 9.59 Å². The van der Waals surface area contributed by atoms with E-state index >= 15 is 0 Å². The summed E-state index contributed by atoms with van der Waals surface area (Å²) in [7, 11) is 0. The second-order valence-electron chi connectivity index (χ2n) is 7.74. The number of hydrogen-bond donors (Lipinski definition) is 0. The number of carbonyl (C=O) groups is 2. The van der Waals surface area contributed by atoms with Crippen molar-refractivity contribution in [1.82, 2.24) is 9.80 Å². The fourth-order valence-electron chi connectivity index (χ4n) is 3.25. The van der Waals surface area contributed by atoms with Crippen molar-refractivity contribution in [3.63, 3.8) is 0 Å². The smallest absolute Gasteiger partial charge is 0.410 e. The Labute approximate surface area is 139 Å². The molecule has 1 unspecified atom stereocenters. The van der Waals surface area contributed by atoms with Crippen LogP contribution in [0.1, 0.15) is 46.5 Å². The van der Waals surface area contributed by atoms with Crippen LogP contribution in [0.4, 0.5) is 4.79 Å². The van der Waals surface area contributed by atoms with Gasteiger partial charge in [-0.15, -0.1) is 6.58 Å². The Morgan fingerprint density at radius 2 is 2.00 bits per heavy atom. The average molecular weight is 322 g/mol. The Balaban J connectivity index is 1.70. The molecule has 0 aromatic rings. The molecule has 2 aliphatic rings. The van der Waals surface area contributed by atoms with Gasteiger partial charge >= 0.3 is 6.09 Å². The van der Waals surface area contributed by atoms with Crippen molar-refractivity contribution in [2.45, 2.75) is 52.1 Å². The number of hydrogen-bond acceptors (Lipinski definition) is 3. The number of piperidine rings is 1. The van der Waals surface area contributed by atoms with Gasteiger partial charge in [0.25, 0.3) is 0 Å². The highest BCUT2D eigenvalue weighted by Gasteiger charge is 2.30. The second-order valence-corrected chi connectivity index (χ2v) is 7.74. The van der Waals surface area contributed by atoms with Crippen LogP contribution in [0, 0.1) is 11.8 Å². The third-order valence-corrected chi connectivity index (χ3v) is 4.65. The van der Waals surface area contributed by atoms with Gasteiger partial charge in [0.05, 0.1) is 0 Å². The summed E-state index contributed by atoms with van der Waals surface area (Å²) < 4.78 is 5.42. The lowest BCUT2D eigenvalue weighted by atomic mass is 9.93. The fraction of sp³-hybridized carbons (Fsp3) is 0.778. The first-order valence-corrected chi connectivity index (χ1v) is 8.66. The monoisotopic (exact) mass is 322 g/mol. The number of amides is 2. The van der Waals surface area contributed by atoms with Crippen LogP contribution in [0.25, 0.3) is 0 Å². The van der Waals surface area contributed by atoms with Crippen molar-refractivity contribution >= 4 is 12.0 Å². The first-order valence-electron chi connectivity index (χ1n) is 8.66. The molecule has 5 nitrogen and oxygen atoms in total. The molecule has 0 bridgehead atoms. The number of rotatable bonds is 4. The van der Waals surface area contributed by atoms with Crippen molar-refractivity contribution in [3.05, 3.63) is 12.7 Å². The summed E-state index contributed by atoms with van der Waals surface area (Å²) in [5, 5.41) is 0. The molecule has 2 fully saturated rings. The van der Waals surface area contributed by atoms with E-state index in [4.69, 9.17) is 4.74 Å². The molecule has 2 saturated heterocycles. The largest absolute Gasteiger partial charge is 0.444 e. The molecular weight excluding hydrogens is 292 g/mol. The van der Waals surface area contributed by atoms with E-state index < -0.39 is 5.60 Å². The van der Waals surface area contributed by atoms with Crippen LogP contribution >= 0.6 is 0 Å². The molecule has 5 heteroatoms. The van der Waals surface area contributed by atoms with Gasteiger partial charge in [-0.3, -0.25) is 4.79 Å². The van der Waals surface area contributed by atoms with Crippen LogP contribution in [0.15, 0.2) is 12.7 Å². The summed E-state index contributed by atoms with van der Waals surface area (Å²) in [6.07, 6.45) is 5.30. The summed E-state index contributed by atoms with van der Waals surface area (Å²) in [4.78, 5) is 27.7. The molecule has 0 spiro atoms. The molecular formula is C18H30N2O3. The Bertz CT molecular complexity index is 448. The van der Waals surface area contributed by atoms with Crippen LogP contribution in [-0.2, 0) is 9.53 Å². The molecule has 2 heterocycles. The standard InChI is InChI=1S/C18H30N2O3/c1-5-14-12-16(21)20(13-14)11-8-15-6-9-19(10-7-15)17(22)23-18(2,3)4/h5,14-15H,1,6-13H2,2-4H3. The van der Waals surface area contributed by atoms with Crippen molar-refractivity contribution in [3.8, 4) is 0 Å². The lowest BCUT2D eigenvalue weighted by Gasteiger charge is -2.34. The van der Waals surface area contributed by atoms with E-state index in [1.54, 1.807) is 4.90 Å². The predicted octanol–water partition coefficient (Wildman–Crippen LogP) is 3.06. The van der Waals surface area contributed by atoms with Crippen LogP contribution in [-0.4, -0.2) is 53.6 Å². The molecule has 2 aliphatic heterocycles. The number of likely N-dealkylation sites (tertiary alicyclic amines) is 2. The van der Waals surface area contributed by atoms with E-state index in [2.05, 4.69) is 6.58 Å². The highest BCUT2D eigenvalue weighted by molar-refractivity contribution is 5.78. The summed E-state index contributed by atoms with van der Waals surface area (Å²) in [6, 6.07) is 0. The number of carbonyl (C=O) groups excluding carboxylic acids is 2. The Morgan fingerprint density at radius 3 is 2.52 bits per heavy atom. The predicted molar refractivity (Wildman–Crippen MR) is 90.0 cm³/mol. The summed E-state index contributed by atoms with van der Waals surface area (Å²) in [6.45, 7) is 12.6. The summed E-state index contributed by atoms with van der Waals surface area (Å²) in [5.74, 6) is 1.15. The highest BCUT2D eigenvalue weighted by atomic mass is 16.6. The minimum absolute atomic E-state index is 0.209. The van der Waals surface area contributed by atoms with E-state index in [0.717, 1.165) is 45.4 Å². The first kappa shape index (κ1) is 17.8. The zero-order chi connectivity index (χ0) is 17.0. The van der Waals surface area contributed by atoms with Crippen LogP contribution in [0.3, 0.4) is 0 Å². The van der Waals surface area contributed by atoms with Crippen molar-refractivity contribution in [1.29, 1.82) is 0 Å². The normalized spacial score (nSPS) is 23.3. The lowest BCUT2D eigenvalue weighted by molar-refractivity contribution is -0.127. The molecule has 0 N–H and O–H groups in total. The van der Waals surface area contributed by atoms with Gasteiger partial charge in [0, 0.05) is 38.5 Å². The zero-order valence-corrected chi connectivity index (χ0v) is 14.7. The second kappa shape index (κ2) is 7.37. The van der Waals surface area contributed by atoms with Gasteiger partial charge in [-0.05, 0) is 46.0 Å². The maximum absolute atomic E-state index is 12.0. The maximum Gasteiger partial charge on any atom is 0.410 e. The molecule has 0 aromatic heterocycles. The van der Waals surface area contributed by atoms with Gasteiger partial charge in [-0.1, -0.05) is 6.08 Å². The van der Waals surface area contributed by atoms with Crippen LogP contribution in [0.5, 0.6) is 0 Å². The minimum Gasteiger partial charge on any atom is -0.444 e. The van der Waals surface area contributed by atoms with Gasteiger partial charge in [0.15, 0.2) is 0 Å². The lowest BCUT2D eigenvalue weighted by Crippen LogP contribution is -2.42. The van der Waals surface area contributed by atoms with E-state index in [-0.39, 0.29) is 12.0 Å². The average Bonchev–Trinajstić information content (AvgIpc) is 2.84. The molecule has 2 amide bonds. The molecule has 0 aliphatic carbocycles. The van der Waals surface area contributed by atoms with Crippen molar-refractivity contribution in [2.75, 3.05) is 26.2 Å². The quantitative estimate of drug-likeness (QED) is 0.748. The van der Waals surface area contributed by atoms with E-state index in [1.807, 2.05) is 31.7 Å². The molecule has 2 rings (SSSR count). The molecule has 1 atom stereocenters. The van der Waals surface area contributed by atoms with Gasteiger partial charge in [0.1, 0.15) is 5.60 Å². The van der Waals surface area contributed by atoms with E-state index in [1.165, 1.54) is 0 Å². The van der Waals surface area contributed by atoms with Crippen molar-refractivity contribution < 1.29 is 14.3 Å². The SMILES string of the molecule is C=CC1CC(=O)N(CCC2CCN(C(=O)OC(C)(C)C)CC2)C1. The molecule has 0 aromatic carbocycles. The fourth-order valence-corrected chi connectivity index (χ4v) is 3.25. The third kappa shape index (κ3) is 5.26. The summed E-state index contributed by atoms with van der Waals surface area (Å²) >= 11 is 0. The van der Waals surface area contributed by atoms with Gasteiger partial charge in [-0.2, -0.15) is 0 Å². The third-order valence-electron chi connectivity index (χ3n) is 4.65. The Hall–Kier alpha value is -1.52. The maximum atomic E-state index is 12.0. The Morgan fingerprint density at radius 1 is 1.35 bits per heavy atom.